The lowest BCUT2D eigenvalue weighted by atomic mass is 10.2. The van der Waals surface area contributed by atoms with Crippen LogP contribution in [-0.4, -0.2) is 0 Å². The van der Waals surface area contributed by atoms with Crippen LogP contribution in [0.5, 0.6) is 0 Å². The normalized spacial score (nSPS) is 10.4. The summed E-state index contributed by atoms with van der Waals surface area (Å²) in [5, 5.41) is 2.87. The van der Waals surface area contributed by atoms with Gasteiger partial charge in [0.05, 0.1) is 5.69 Å². The van der Waals surface area contributed by atoms with Crippen molar-refractivity contribution in [1.82, 2.24) is 0 Å². The highest BCUT2D eigenvalue weighted by atomic mass is 79.9. The first-order valence-corrected chi connectivity index (χ1v) is 6.78. The average molecular weight is 377 g/mol. The van der Waals surface area contributed by atoms with E-state index in [1.54, 1.807) is 24.3 Å². The molecule has 18 heavy (non-hydrogen) atoms. The fourth-order valence-electron chi connectivity index (χ4n) is 1.49. The van der Waals surface area contributed by atoms with Crippen LogP contribution in [0.1, 0.15) is 5.56 Å². The third-order valence-electron chi connectivity index (χ3n) is 2.41. The number of rotatable bonds is 3. The maximum atomic E-state index is 13.6. The Balaban J connectivity index is 2.13. The molecule has 2 rings (SSSR count). The van der Waals surface area contributed by atoms with Gasteiger partial charge >= 0.3 is 0 Å². The summed E-state index contributed by atoms with van der Waals surface area (Å²) in [7, 11) is 0. The van der Waals surface area contributed by atoms with E-state index in [1.807, 2.05) is 0 Å². The van der Waals surface area contributed by atoms with Gasteiger partial charge < -0.3 is 5.32 Å². The molecule has 0 radical (unpaired) electrons. The van der Waals surface area contributed by atoms with Crippen molar-refractivity contribution in [1.29, 1.82) is 0 Å². The second-order valence-electron chi connectivity index (χ2n) is 3.71. The molecule has 0 aromatic heterocycles. The van der Waals surface area contributed by atoms with Gasteiger partial charge in [-0.3, -0.25) is 0 Å². The zero-order chi connectivity index (χ0) is 13.1. The van der Waals surface area contributed by atoms with Crippen molar-refractivity contribution in [3.63, 3.8) is 0 Å². The molecule has 0 fully saturated rings. The predicted octanol–water partition coefficient (Wildman–Crippen LogP) is 5.10. The van der Waals surface area contributed by atoms with E-state index in [9.17, 15) is 8.78 Å². The fourth-order valence-corrected chi connectivity index (χ4v) is 2.18. The highest BCUT2D eigenvalue weighted by molar-refractivity contribution is 9.10. The average Bonchev–Trinajstić information content (AvgIpc) is 2.32. The third kappa shape index (κ3) is 3.29. The van der Waals surface area contributed by atoms with Crippen molar-refractivity contribution in [2.45, 2.75) is 6.54 Å². The molecule has 0 saturated carbocycles. The summed E-state index contributed by atoms with van der Waals surface area (Å²) in [6.45, 7) is 0.229. The largest absolute Gasteiger partial charge is 0.378 e. The molecule has 1 nitrogen and oxygen atoms in total. The van der Waals surface area contributed by atoms with Crippen LogP contribution in [0.25, 0.3) is 0 Å². The Labute approximate surface area is 120 Å². The zero-order valence-electron chi connectivity index (χ0n) is 9.18. The van der Waals surface area contributed by atoms with E-state index < -0.39 is 0 Å². The Hall–Kier alpha value is -0.940. The number of hydrogen-bond donors (Lipinski definition) is 1. The van der Waals surface area contributed by atoms with Crippen molar-refractivity contribution in [2.75, 3.05) is 5.32 Å². The molecule has 0 aliphatic carbocycles. The van der Waals surface area contributed by atoms with Crippen molar-refractivity contribution in [3.05, 3.63) is 62.5 Å². The number of anilines is 1. The lowest BCUT2D eigenvalue weighted by molar-refractivity contribution is 0.609. The summed E-state index contributed by atoms with van der Waals surface area (Å²) in [5.74, 6) is -0.692. The van der Waals surface area contributed by atoms with E-state index in [2.05, 4.69) is 37.2 Å². The van der Waals surface area contributed by atoms with Gasteiger partial charge in [-0.2, -0.15) is 0 Å². The molecule has 0 bridgehead atoms. The lowest BCUT2D eigenvalue weighted by Gasteiger charge is -2.09. The Kier molecular flexibility index (Phi) is 4.35. The van der Waals surface area contributed by atoms with Crippen molar-refractivity contribution in [2.24, 2.45) is 0 Å². The Morgan fingerprint density at radius 1 is 0.889 bits per heavy atom. The van der Waals surface area contributed by atoms with Crippen LogP contribution in [0.2, 0.25) is 0 Å². The molecule has 5 heteroatoms. The Morgan fingerprint density at radius 3 is 2.28 bits per heavy atom. The summed E-state index contributed by atoms with van der Waals surface area (Å²) in [5.41, 5.74) is 0.823. The smallest absolute Gasteiger partial charge is 0.146 e. The summed E-state index contributed by atoms with van der Waals surface area (Å²) in [6.07, 6.45) is 0. The summed E-state index contributed by atoms with van der Waals surface area (Å²) >= 11 is 6.45. The molecular formula is C13H9Br2F2N. The molecule has 0 aliphatic heterocycles. The quantitative estimate of drug-likeness (QED) is 0.785. The number of nitrogens with one attached hydrogen (secondary N) is 1. The van der Waals surface area contributed by atoms with Crippen LogP contribution in [0.3, 0.4) is 0 Å². The van der Waals surface area contributed by atoms with Gasteiger partial charge in [0.25, 0.3) is 0 Å². The number of benzene rings is 2. The van der Waals surface area contributed by atoms with Crippen LogP contribution in [0.15, 0.2) is 45.3 Å². The SMILES string of the molecule is Fc1cc(Br)ccc1CNc1cc(Br)ccc1F. The highest BCUT2D eigenvalue weighted by Crippen LogP contribution is 2.22. The van der Waals surface area contributed by atoms with Crippen LogP contribution in [0.4, 0.5) is 14.5 Å². The van der Waals surface area contributed by atoms with E-state index in [0.717, 1.165) is 4.47 Å². The molecule has 0 aliphatic rings. The molecule has 2 aromatic carbocycles. The minimum atomic E-state index is -0.365. The molecule has 0 saturated heterocycles. The highest BCUT2D eigenvalue weighted by Gasteiger charge is 2.05. The number of halogens is 4. The van der Waals surface area contributed by atoms with Gasteiger partial charge in [-0.25, -0.2) is 8.78 Å². The molecule has 94 valence electrons. The first-order chi connectivity index (χ1) is 8.56. The van der Waals surface area contributed by atoms with E-state index in [0.29, 0.717) is 15.7 Å². The lowest BCUT2D eigenvalue weighted by Crippen LogP contribution is -2.03. The molecule has 0 unspecified atom stereocenters. The number of hydrogen-bond acceptors (Lipinski definition) is 1. The summed E-state index contributed by atoms with van der Waals surface area (Å²) in [6, 6.07) is 9.37. The van der Waals surface area contributed by atoms with E-state index in [4.69, 9.17) is 0 Å². The van der Waals surface area contributed by atoms with Gasteiger partial charge in [-0.15, -0.1) is 0 Å². The monoisotopic (exact) mass is 375 g/mol. The van der Waals surface area contributed by atoms with Gasteiger partial charge in [-0.1, -0.05) is 37.9 Å². The van der Waals surface area contributed by atoms with Gasteiger partial charge in [0, 0.05) is 21.1 Å². The van der Waals surface area contributed by atoms with Crippen LogP contribution in [0, 0.1) is 11.6 Å². The molecule has 0 amide bonds. The standard InChI is InChI=1S/C13H9Br2F2N/c14-9-2-1-8(12(17)5-9)7-18-13-6-10(15)3-4-11(13)16/h1-6,18H,7H2. The topological polar surface area (TPSA) is 12.0 Å². The Morgan fingerprint density at radius 2 is 1.56 bits per heavy atom. The Bertz CT molecular complexity index is 573. The van der Waals surface area contributed by atoms with Crippen molar-refractivity contribution in [3.8, 4) is 0 Å². The second-order valence-corrected chi connectivity index (χ2v) is 5.54. The molecule has 0 spiro atoms. The molecule has 2 aromatic rings. The molecule has 1 N–H and O–H groups in total. The summed E-state index contributed by atoms with van der Waals surface area (Å²) in [4.78, 5) is 0. The van der Waals surface area contributed by atoms with E-state index >= 15 is 0 Å². The first-order valence-electron chi connectivity index (χ1n) is 5.19. The predicted molar refractivity (Wildman–Crippen MR) is 75.5 cm³/mol. The van der Waals surface area contributed by atoms with Crippen LogP contribution in [-0.2, 0) is 6.54 Å². The molecular weight excluding hydrogens is 368 g/mol. The minimum Gasteiger partial charge on any atom is -0.378 e. The van der Waals surface area contributed by atoms with Gasteiger partial charge in [0.2, 0.25) is 0 Å². The maximum Gasteiger partial charge on any atom is 0.146 e. The third-order valence-corrected chi connectivity index (χ3v) is 3.40. The second kappa shape index (κ2) is 5.80. The summed E-state index contributed by atoms with van der Waals surface area (Å²) < 4.78 is 28.5. The van der Waals surface area contributed by atoms with Crippen molar-refractivity contribution >= 4 is 37.5 Å². The zero-order valence-corrected chi connectivity index (χ0v) is 12.4. The van der Waals surface area contributed by atoms with Crippen molar-refractivity contribution < 1.29 is 8.78 Å². The first kappa shape index (κ1) is 13.5. The molecule has 0 heterocycles. The maximum absolute atomic E-state index is 13.6. The van der Waals surface area contributed by atoms with Crippen LogP contribution >= 0.6 is 31.9 Å². The molecule has 0 atom stereocenters. The fraction of sp³-hybridized carbons (Fsp3) is 0.0769. The minimum absolute atomic E-state index is 0.229. The van der Waals surface area contributed by atoms with E-state index in [1.165, 1.54) is 12.1 Å². The van der Waals surface area contributed by atoms with Crippen LogP contribution < -0.4 is 5.32 Å². The van der Waals surface area contributed by atoms with E-state index in [-0.39, 0.29) is 18.2 Å². The van der Waals surface area contributed by atoms with Gasteiger partial charge in [0.15, 0.2) is 0 Å². The van der Waals surface area contributed by atoms with Gasteiger partial charge in [-0.05, 0) is 30.3 Å². The van der Waals surface area contributed by atoms with Gasteiger partial charge in [0.1, 0.15) is 11.6 Å².